The van der Waals surface area contributed by atoms with Crippen molar-refractivity contribution in [1.82, 2.24) is 9.88 Å². The lowest BCUT2D eigenvalue weighted by Crippen LogP contribution is -2.44. The van der Waals surface area contributed by atoms with Gasteiger partial charge in [0.05, 0.1) is 16.5 Å². The summed E-state index contributed by atoms with van der Waals surface area (Å²) in [7, 11) is 0. The predicted molar refractivity (Wildman–Crippen MR) is 123 cm³/mol. The number of nitrogens with one attached hydrogen (secondary N) is 1. The van der Waals surface area contributed by atoms with E-state index in [1.807, 2.05) is 6.07 Å². The summed E-state index contributed by atoms with van der Waals surface area (Å²) in [6.07, 6.45) is 2.84. The molecule has 0 radical (unpaired) electrons. The molecule has 1 aliphatic rings. The van der Waals surface area contributed by atoms with Crippen LogP contribution < -0.4 is 5.32 Å². The number of nitrogens with zero attached hydrogens (tertiary/aromatic N) is 2. The number of hydrogen-bond acceptors (Lipinski definition) is 4. The molecule has 32 heavy (non-hydrogen) atoms. The second kappa shape index (κ2) is 9.75. The van der Waals surface area contributed by atoms with Gasteiger partial charge in [-0.1, -0.05) is 60.1 Å². The first-order valence-electron chi connectivity index (χ1n) is 10.4. The monoisotopic (exact) mass is 447 g/mol. The van der Waals surface area contributed by atoms with E-state index >= 15 is 0 Å². The van der Waals surface area contributed by atoms with Crippen molar-refractivity contribution < 1.29 is 14.4 Å². The van der Waals surface area contributed by atoms with Crippen molar-refractivity contribution in [3.8, 4) is 0 Å². The maximum Gasteiger partial charge on any atom is 0.254 e. The Kier molecular flexibility index (Phi) is 6.61. The molecule has 1 aromatic heterocycles. The van der Waals surface area contributed by atoms with E-state index in [1.165, 1.54) is 6.20 Å². The molecule has 1 aliphatic heterocycles. The standard InChI is InChI=1S/C25H22ClN3O3/c26-19-12-13-22(27-15-19)28-24(31)18-9-6-14-29(16-18)25(32)21-11-5-4-10-20(21)23(30)17-7-2-1-3-8-17/h1-5,7-8,10-13,15,18H,6,9,14,16H2,(H,27,28,31). The molecule has 162 valence electrons. The first kappa shape index (κ1) is 21.7. The van der Waals surface area contributed by atoms with Crippen LogP contribution in [-0.2, 0) is 4.79 Å². The van der Waals surface area contributed by atoms with Gasteiger partial charge in [-0.15, -0.1) is 0 Å². The lowest BCUT2D eigenvalue weighted by molar-refractivity contribution is -0.121. The van der Waals surface area contributed by atoms with Crippen LogP contribution in [0.4, 0.5) is 5.82 Å². The molecule has 2 aromatic carbocycles. The quantitative estimate of drug-likeness (QED) is 0.586. The molecular formula is C25H22ClN3O3. The molecule has 4 rings (SSSR count). The highest BCUT2D eigenvalue weighted by atomic mass is 35.5. The average molecular weight is 448 g/mol. The van der Waals surface area contributed by atoms with Gasteiger partial charge < -0.3 is 10.2 Å². The molecule has 7 heteroatoms. The highest BCUT2D eigenvalue weighted by Gasteiger charge is 2.30. The van der Waals surface area contributed by atoms with Gasteiger partial charge in [-0.25, -0.2) is 4.98 Å². The molecule has 1 N–H and O–H groups in total. The summed E-state index contributed by atoms with van der Waals surface area (Å²) in [6, 6.07) is 19.0. The number of aromatic nitrogens is 1. The van der Waals surface area contributed by atoms with E-state index in [4.69, 9.17) is 11.6 Å². The van der Waals surface area contributed by atoms with Crippen molar-refractivity contribution >= 4 is 35.0 Å². The molecule has 3 aromatic rings. The van der Waals surface area contributed by atoms with Gasteiger partial charge in [-0.2, -0.15) is 0 Å². The second-order valence-electron chi connectivity index (χ2n) is 7.68. The van der Waals surface area contributed by atoms with Crippen LogP contribution in [0.25, 0.3) is 0 Å². The highest BCUT2D eigenvalue weighted by molar-refractivity contribution is 6.30. The van der Waals surface area contributed by atoms with Crippen molar-refractivity contribution in [3.63, 3.8) is 0 Å². The van der Waals surface area contributed by atoms with Gasteiger partial charge in [0.1, 0.15) is 5.82 Å². The number of carbonyl (C=O) groups is 3. The summed E-state index contributed by atoms with van der Waals surface area (Å²) >= 11 is 5.84. The van der Waals surface area contributed by atoms with Gasteiger partial charge in [-0.05, 0) is 31.0 Å². The number of hydrogen-bond donors (Lipinski definition) is 1. The molecule has 0 bridgehead atoms. The summed E-state index contributed by atoms with van der Waals surface area (Å²) in [5.41, 5.74) is 1.24. The molecule has 2 amide bonds. The summed E-state index contributed by atoms with van der Waals surface area (Å²) in [5, 5.41) is 3.28. The number of amides is 2. The summed E-state index contributed by atoms with van der Waals surface area (Å²) in [6.45, 7) is 0.821. The summed E-state index contributed by atoms with van der Waals surface area (Å²) in [5.74, 6) is -0.573. The molecule has 0 spiro atoms. The third kappa shape index (κ3) is 4.86. The lowest BCUT2D eigenvalue weighted by Gasteiger charge is -2.32. The van der Waals surface area contributed by atoms with Crippen molar-refractivity contribution in [2.24, 2.45) is 5.92 Å². The Balaban J connectivity index is 1.49. The molecule has 1 unspecified atom stereocenters. The molecule has 1 fully saturated rings. The number of ketones is 1. The van der Waals surface area contributed by atoms with E-state index in [0.717, 1.165) is 0 Å². The Labute approximate surface area is 191 Å². The van der Waals surface area contributed by atoms with Crippen molar-refractivity contribution in [2.75, 3.05) is 18.4 Å². The molecular weight excluding hydrogens is 426 g/mol. The van der Waals surface area contributed by atoms with E-state index < -0.39 is 0 Å². The summed E-state index contributed by atoms with van der Waals surface area (Å²) < 4.78 is 0. The second-order valence-corrected chi connectivity index (χ2v) is 8.12. The maximum atomic E-state index is 13.3. The minimum Gasteiger partial charge on any atom is -0.338 e. The zero-order chi connectivity index (χ0) is 22.5. The van der Waals surface area contributed by atoms with Gasteiger partial charge in [0.25, 0.3) is 5.91 Å². The summed E-state index contributed by atoms with van der Waals surface area (Å²) in [4.78, 5) is 44.8. The predicted octanol–water partition coefficient (Wildman–Crippen LogP) is 4.46. The van der Waals surface area contributed by atoms with Gasteiger partial charge in [0.2, 0.25) is 5.91 Å². The third-order valence-corrected chi connectivity index (χ3v) is 5.72. The Hall–Kier alpha value is -3.51. The van der Waals surface area contributed by atoms with Crippen LogP contribution in [-0.4, -0.2) is 40.6 Å². The van der Waals surface area contributed by atoms with E-state index in [1.54, 1.807) is 65.6 Å². The third-order valence-electron chi connectivity index (χ3n) is 5.50. The van der Waals surface area contributed by atoms with Crippen LogP contribution in [0.5, 0.6) is 0 Å². The maximum absolute atomic E-state index is 13.3. The molecule has 1 atom stereocenters. The molecule has 0 saturated carbocycles. The van der Waals surface area contributed by atoms with Crippen LogP contribution in [0.2, 0.25) is 5.02 Å². The highest BCUT2D eigenvalue weighted by Crippen LogP contribution is 2.23. The lowest BCUT2D eigenvalue weighted by atomic mass is 9.94. The molecule has 6 nitrogen and oxygen atoms in total. The molecule has 0 aliphatic carbocycles. The first-order chi connectivity index (χ1) is 15.5. The van der Waals surface area contributed by atoms with Crippen LogP contribution in [0.15, 0.2) is 72.9 Å². The number of rotatable bonds is 5. The SMILES string of the molecule is O=C(c1ccccc1)c1ccccc1C(=O)N1CCCC(C(=O)Nc2ccc(Cl)cn2)C1. The number of piperidine rings is 1. The normalized spacial score (nSPS) is 15.8. The first-order valence-corrected chi connectivity index (χ1v) is 10.8. The zero-order valence-corrected chi connectivity index (χ0v) is 18.1. The topological polar surface area (TPSA) is 79.4 Å². The van der Waals surface area contributed by atoms with Crippen LogP contribution in [0.1, 0.15) is 39.1 Å². The van der Waals surface area contributed by atoms with Gasteiger partial charge in [0.15, 0.2) is 5.78 Å². The van der Waals surface area contributed by atoms with Gasteiger partial charge in [0, 0.05) is 30.4 Å². The number of anilines is 1. The molecule has 2 heterocycles. The fourth-order valence-corrected chi connectivity index (χ4v) is 3.95. The van der Waals surface area contributed by atoms with Gasteiger partial charge >= 0.3 is 0 Å². The molecule has 1 saturated heterocycles. The number of halogens is 1. The minimum absolute atomic E-state index is 0.189. The minimum atomic E-state index is -0.359. The zero-order valence-electron chi connectivity index (χ0n) is 17.3. The van der Waals surface area contributed by atoms with E-state index in [-0.39, 0.29) is 30.1 Å². The van der Waals surface area contributed by atoms with Crippen molar-refractivity contribution in [1.29, 1.82) is 0 Å². The Bertz CT molecular complexity index is 1130. The van der Waals surface area contributed by atoms with E-state index in [2.05, 4.69) is 10.3 Å². The fraction of sp³-hybridized carbons (Fsp3) is 0.200. The Morgan fingerprint density at radius 3 is 2.38 bits per heavy atom. The number of benzene rings is 2. The van der Waals surface area contributed by atoms with Crippen LogP contribution >= 0.6 is 11.6 Å². The van der Waals surface area contributed by atoms with E-state index in [9.17, 15) is 14.4 Å². The average Bonchev–Trinajstić information content (AvgIpc) is 2.85. The largest absolute Gasteiger partial charge is 0.338 e. The van der Waals surface area contributed by atoms with Crippen LogP contribution in [0, 0.1) is 5.92 Å². The van der Waals surface area contributed by atoms with Gasteiger partial charge in [-0.3, -0.25) is 14.4 Å². The number of carbonyl (C=O) groups excluding carboxylic acids is 3. The van der Waals surface area contributed by atoms with Crippen molar-refractivity contribution in [2.45, 2.75) is 12.8 Å². The Morgan fingerprint density at radius 2 is 1.66 bits per heavy atom. The number of pyridine rings is 1. The smallest absolute Gasteiger partial charge is 0.254 e. The fourth-order valence-electron chi connectivity index (χ4n) is 3.84. The van der Waals surface area contributed by atoms with Crippen LogP contribution in [0.3, 0.4) is 0 Å². The van der Waals surface area contributed by atoms with E-state index in [0.29, 0.717) is 46.9 Å². The number of likely N-dealkylation sites (tertiary alicyclic amines) is 1. The van der Waals surface area contributed by atoms with Crippen molar-refractivity contribution in [3.05, 3.63) is 94.6 Å². The Morgan fingerprint density at radius 1 is 0.938 bits per heavy atom.